The first-order chi connectivity index (χ1) is 5.77. The maximum Gasteiger partial charge on any atom is 0.113 e. The van der Waals surface area contributed by atoms with Crippen LogP contribution in [0.5, 0.6) is 0 Å². The van der Waals surface area contributed by atoms with Gasteiger partial charge in [0.25, 0.3) is 0 Å². The average Bonchev–Trinajstić information content (AvgIpc) is 2.09. The molecule has 0 aliphatic heterocycles. The second-order valence-electron chi connectivity index (χ2n) is 2.25. The molecule has 0 unspecified atom stereocenters. The highest BCUT2D eigenvalue weighted by Crippen LogP contribution is 2.18. The Bertz CT molecular complexity index is 317. The Labute approximate surface area is 70.2 Å². The van der Waals surface area contributed by atoms with Crippen LogP contribution in [-0.2, 0) is 0 Å². The fraction of sp³-hybridized carbons (Fsp3) is 0.125. The minimum Gasteiger partial charge on any atom is -0.397 e. The van der Waals surface area contributed by atoms with Gasteiger partial charge in [-0.2, -0.15) is 5.26 Å². The summed E-state index contributed by atoms with van der Waals surface area (Å²) in [5, 5.41) is 19.7. The lowest BCUT2D eigenvalue weighted by molar-refractivity contribution is 0.326. The number of hydrogen-bond acceptors (Lipinski definition) is 4. The molecule has 0 amide bonds. The molecular formula is C8H9N3O. The Morgan fingerprint density at radius 3 is 2.83 bits per heavy atom. The van der Waals surface area contributed by atoms with E-state index in [-0.39, 0.29) is 6.73 Å². The summed E-state index contributed by atoms with van der Waals surface area (Å²) in [6.07, 6.45) is 0. The fourth-order valence-corrected chi connectivity index (χ4v) is 0.878. The molecule has 0 saturated heterocycles. The van der Waals surface area contributed by atoms with E-state index in [0.29, 0.717) is 16.9 Å². The van der Waals surface area contributed by atoms with E-state index in [1.165, 1.54) is 0 Å². The van der Waals surface area contributed by atoms with Crippen molar-refractivity contribution in [3.05, 3.63) is 23.8 Å². The summed E-state index contributed by atoms with van der Waals surface area (Å²) in [7, 11) is 0. The third-order valence-corrected chi connectivity index (χ3v) is 1.45. The maximum absolute atomic E-state index is 8.54. The molecule has 0 aromatic heterocycles. The van der Waals surface area contributed by atoms with Gasteiger partial charge in [-0.1, -0.05) is 0 Å². The summed E-state index contributed by atoms with van der Waals surface area (Å²) in [6, 6.07) is 6.81. The lowest BCUT2D eigenvalue weighted by Gasteiger charge is -2.05. The number of nitrogen functional groups attached to an aromatic ring is 1. The minimum absolute atomic E-state index is 0.171. The minimum atomic E-state index is -0.171. The molecule has 4 nitrogen and oxygen atoms in total. The number of aliphatic hydroxyl groups is 1. The molecule has 0 saturated carbocycles. The number of nitrogens with zero attached hydrogens (tertiary/aromatic N) is 1. The van der Waals surface area contributed by atoms with Gasteiger partial charge in [-0.05, 0) is 18.2 Å². The third-order valence-electron chi connectivity index (χ3n) is 1.45. The molecule has 4 N–H and O–H groups in total. The van der Waals surface area contributed by atoms with Crippen molar-refractivity contribution < 1.29 is 5.11 Å². The van der Waals surface area contributed by atoms with E-state index < -0.39 is 0 Å². The number of aliphatic hydroxyl groups excluding tert-OH is 1. The predicted molar refractivity (Wildman–Crippen MR) is 46.3 cm³/mol. The van der Waals surface area contributed by atoms with E-state index in [9.17, 15) is 0 Å². The van der Waals surface area contributed by atoms with Crippen LogP contribution in [-0.4, -0.2) is 11.8 Å². The smallest absolute Gasteiger partial charge is 0.113 e. The normalized spacial score (nSPS) is 9.00. The Balaban J connectivity index is 2.97. The molecule has 12 heavy (non-hydrogen) atoms. The Morgan fingerprint density at radius 2 is 2.33 bits per heavy atom. The highest BCUT2D eigenvalue weighted by molar-refractivity contribution is 5.67. The molecule has 0 atom stereocenters. The molecule has 62 valence electrons. The molecule has 1 aromatic rings. The summed E-state index contributed by atoms with van der Waals surface area (Å²) >= 11 is 0. The summed E-state index contributed by atoms with van der Waals surface area (Å²) in [4.78, 5) is 0. The Hall–Kier alpha value is -1.73. The highest BCUT2D eigenvalue weighted by Gasteiger charge is 1.97. The molecule has 4 heteroatoms. The monoisotopic (exact) mass is 163 g/mol. The van der Waals surface area contributed by atoms with E-state index >= 15 is 0 Å². The molecule has 0 spiro atoms. The van der Waals surface area contributed by atoms with Gasteiger partial charge in [0.05, 0.1) is 23.0 Å². The van der Waals surface area contributed by atoms with Crippen LogP contribution in [0, 0.1) is 11.3 Å². The number of hydrogen-bond donors (Lipinski definition) is 3. The number of nitriles is 1. The lowest BCUT2D eigenvalue weighted by atomic mass is 10.2. The average molecular weight is 163 g/mol. The maximum atomic E-state index is 8.54. The number of rotatable bonds is 2. The van der Waals surface area contributed by atoms with Gasteiger partial charge in [0.2, 0.25) is 0 Å². The number of anilines is 2. The van der Waals surface area contributed by atoms with Crippen molar-refractivity contribution in [1.29, 1.82) is 5.26 Å². The zero-order chi connectivity index (χ0) is 8.97. The number of benzene rings is 1. The van der Waals surface area contributed by atoms with Crippen LogP contribution in [0.25, 0.3) is 0 Å². The SMILES string of the molecule is N#Cc1ccc(NCO)c(N)c1. The van der Waals surface area contributed by atoms with Gasteiger partial charge in [0.1, 0.15) is 6.73 Å². The molecule has 0 aliphatic rings. The third kappa shape index (κ3) is 1.65. The van der Waals surface area contributed by atoms with Crippen molar-refractivity contribution in [2.75, 3.05) is 17.8 Å². The van der Waals surface area contributed by atoms with Gasteiger partial charge in [0.15, 0.2) is 0 Å². The van der Waals surface area contributed by atoms with Crippen molar-refractivity contribution in [3.63, 3.8) is 0 Å². The Morgan fingerprint density at radius 1 is 1.58 bits per heavy atom. The van der Waals surface area contributed by atoms with E-state index in [0.717, 1.165) is 0 Å². The standard InChI is InChI=1S/C8H9N3O/c9-4-6-1-2-8(11-5-12)7(10)3-6/h1-3,11-12H,5,10H2. The zero-order valence-electron chi connectivity index (χ0n) is 6.41. The van der Waals surface area contributed by atoms with E-state index in [2.05, 4.69) is 5.32 Å². The van der Waals surface area contributed by atoms with Crippen LogP contribution in [0.3, 0.4) is 0 Å². The van der Waals surface area contributed by atoms with Gasteiger partial charge in [-0.25, -0.2) is 0 Å². The van der Waals surface area contributed by atoms with Crippen LogP contribution < -0.4 is 11.1 Å². The molecular weight excluding hydrogens is 154 g/mol. The quantitative estimate of drug-likeness (QED) is 0.438. The predicted octanol–water partition coefficient (Wildman–Crippen LogP) is 0.502. The molecule has 1 aromatic carbocycles. The second kappa shape index (κ2) is 3.60. The number of nitrogens with one attached hydrogen (secondary N) is 1. The molecule has 0 bridgehead atoms. The second-order valence-corrected chi connectivity index (χ2v) is 2.25. The van der Waals surface area contributed by atoms with Gasteiger partial charge in [-0.15, -0.1) is 0 Å². The first kappa shape index (κ1) is 8.37. The largest absolute Gasteiger partial charge is 0.397 e. The molecule has 0 aliphatic carbocycles. The van der Waals surface area contributed by atoms with E-state index in [4.69, 9.17) is 16.1 Å². The van der Waals surface area contributed by atoms with Crippen molar-refractivity contribution in [1.82, 2.24) is 0 Å². The highest BCUT2D eigenvalue weighted by atomic mass is 16.3. The molecule has 0 radical (unpaired) electrons. The summed E-state index contributed by atoms with van der Waals surface area (Å²) < 4.78 is 0. The van der Waals surface area contributed by atoms with Crippen molar-refractivity contribution in [2.45, 2.75) is 0 Å². The molecule has 1 rings (SSSR count). The van der Waals surface area contributed by atoms with Crippen LogP contribution in [0.2, 0.25) is 0 Å². The van der Waals surface area contributed by atoms with E-state index in [1.54, 1.807) is 18.2 Å². The van der Waals surface area contributed by atoms with Gasteiger partial charge >= 0.3 is 0 Å². The first-order valence-corrected chi connectivity index (χ1v) is 3.42. The summed E-state index contributed by atoms with van der Waals surface area (Å²) in [6.45, 7) is -0.171. The zero-order valence-corrected chi connectivity index (χ0v) is 6.41. The van der Waals surface area contributed by atoms with Gasteiger partial charge < -0.3 is 16.2 Å². The van der Waals surface area contributed by atoms with Crippen molar-refractivity contribution in [2.24, 2.45) is 0 Å². The van der Waals surface area contributed by atoms with Gasteiger partial charge in [-0.3, -0.25) is 0 Å². The van der Waals surface area contributed by atoms with Crippen LogP contribution >= 0.6 is 0 Å². The van der Waals surface area contributed by atoms with Gasteiger partial charge in [0, 0.05) is 0 Å². The molecule has 0 heterocycles. The fourth-order valence-electron chi connectivity index (χ4n) is 0.878. The van der Waals surface area contributed by atoms with Crippen molar-refractivity contribution in [3.8, 4) is 6.07 Å². The van der Waals surface area contributed by atoms with Crippen LogP contribution in [0.15, 0.2) is 18.2 Å². The topological polar surface area (TPSA) is 82.1 Å². The summed E-state index contributed by atoms with van der Waals surface area (Å²) in [5.74, 6) is 0. The van der Waals surface area contributed by atoms with Crippen LogP contribution in [0.4, 0.5) is 11.4 Å². The van der Waals surface area contributed by atoms with Crippen molar-refractivity contribution >= 4 is 11.4 Å². The van der Waals surface area contributed by atoms with Crippen LogP contribution in [0.1, 0.15) is 5.56 Å². The summed E-state index contributed by atoms with van der Waals surface area (Å²) in [5.41, 5.74) is 7.17. The molecule has 0 fully saturated rings. The first-order valence-electron chi connectivity index (χ1n) is 3.42. The Kier molecular flexibility index (Phi) is 2.51. The number of nitrogens with two attached hydrogens (primary N) is 1. The van der Waals surface area contributed by atoms with E-state index in [1.807, 2.05) is 6.07 Å². The lowest BCUT2D eigenvalue weighted by Crippen LogP contribution is -2.02.